The lowest BCUT2D eigenvalue weighted by Gasteiger charge is -2.27. The first-order valence-corrected chi connectivity index (χ1v) is 6.60. The Kier molecular flexibility index (Phi) is 4.25. The van der Waals surface area contributed by atoms with Crippen molar-refractivity contribution >= 4 is 15.9 Å². The summed E-state index contributed by atoms with van der Waals surface area (Å²) >= 11 is 3.40. The molecular formula is C12H17BrN2O2. The molecule has 3 N–H and O–H groups in total. The molecule has 94 valence electrons. The number of piperazine rings is 1. The van der Waals surface area contributed by atoms with Crippen molar-refractivity contribution in [2.45, 2.75) is 6.42 Å². The molecule has 2 rings (SSSR count). The molecular weight excluding hydrogens is 284 g/mol. The van der Waals surface area contributed by atoms with Gasteiger partial charge in [-0.15, -0.1) is 0 Å². The van der Waals surface area contributed by atoms with Crippen molar-refractivity contribution in [3.05, 3.63) is 22.2 Å². The molecule has 0 unspecified atom stereocenters. The van der Waals surface area contributed by atoms with Gasteiger partial charge >= 0.3 is 0 Å². The number of benzene rings is 1. The fraction of sp³-hybridized carbons (Fsp3) is 0.500. The largest absolute Gasteiger partial charge is 0.504 e. The third kappa shape index (κ3) is 3.12. The average molecular weight is 301 g/mol. The van der Waals surface area contributed by atoms with Crippen LogP contribution in [0.1, 0.15) is 5.56 Å². The highest BCUT2D eigenvalue weighted by atomic mass is 79.9. The minimum atomic E-state index is -0.0523. The fourth-order valence-corrected chi connectivity index (χ4v) is 2.56. The van der Waals surface area contributed by atoms with E-state index in [1.165, 1.54) is 6.07 Å². The van der Waals surface area contributed by atoms with Crippen molar-refractivity contribution in [2.24, 2.45) is 0 Å². The first-order chi connectivity index (χ1) is 8.18. The second kappa shape index (κ2) is 5.71. The number of nitrogens with one attached hydrogen (secondary N) is 1. The number of hydrogen-bond donors (Lipinski definition) is 3. The van der Waals surface area contributed by atoms with Crippen LogP contribution in [0.4, 0.5) is 0 Å². The summed E-state index contributed by atoms with van der Waals surface area (Å²) in [6.45, 7) is 5.02. The van der Waals surface area contributed by atoms with Gasteiger partial charge in [0.1, 0.15) is 0 Å². The van der Waals surface area contributed by atoms with Crippen LogP contribution in [-0.2, 0) is 6.42 Å². The van der Waals surface area contributed by atoms with Crippen LogP contribution < -0.4 is 5.32 Å². The Hall–Kier alpha value is -0.780. The molecule has 0 aliphatic carbocycles. The van der Waals surface area contributed by atoms with Crippen molar-refractivity contribution in [3.63, 3.8) is 0 Å². The number of phenolic OH excluding ortho intramolecular Hbond substituents is 2. The fourth-order valence-electron chi connectivity index (χ4n) is 2.04. The van der Waals surface area contributed by atoms with Crippen molar-refractivity contribution in [1.82, 2.24) is 10.2 Å². The number of rotatable bonds is 3. The minimum Gasteiger partial charge on any atom is -0.504 e. The van der Waals surface area contributed by atoms with Gasteiger partial charge in [0.2, 0.25) is 0 Å². The van der Waals surface area contributed by atoms with Crippen LogP contribution in [0, 0.1) is 0 Å². The minimum absolute atomic E-state index is 0.00508. The molecule has 1 aromatic carbocycles. The van der Waals surface area contributed by atoms with Crippen LogP contribution in [0.3, 0.4) is 0 Å². The number of halogens is 1. The van der Waals surface area contributed by atoms with Gasteiger partial charge in [-0.1, -0.05) is 15.9 Å². The highest BCUT2D eigenvalue weighted by Crippen LogP contribution is 2.34. The summed E-state index contributed by atoms with van der Waals surface area (Å²) in [5.74, 6) is -0.0574. The Morgan fingerprint density at radius 1 is 1.24 bits per heavy atom. The number of aromatic hydroxyl groups is 2. The van der Waals surface area contributed by atoms with E-state index in [-0.39, 0.29) is 11.5 Å². The predicted molar refractivity (Wildman–Crippen MR) is 70.5 cm³/mol. The van der Waals surface area contributed by atoms with Crippen LogP contribution in [0.15, 0.2) is 16.6 Å². The van der Waals surface area contributed by atoms with Crippen LogP contribution in [0.5, 0.6) is 11.5 Å². The Morgan fingerprint density at radius 3 is 2.65 bits per heavy atom. The summed E-state index contributed by atoms with van der Waals surface area (Å²) < 4.78 is 0.850. The SMILES string of the molecule is Oc1ccc(Br)c(CCN2CCNCC2)c1O. The molecule has 0 atom stereocenters. The lowest BCUT2D eigenvalue weighted by molar-refractivity contribution is 0.243. The van der Waals surface area contributed by atoms with Crippen molar-refractivity contribution in [3.8, 4) is 11.5 Å². The molecule has 1 aromatic rings. The quantitative estimate of drug-likeness (QED) is 0.737. The summed E-state index contributed by atoms with van der Waals surface area (Å²) in [4.78, 5) is 2.35. The third-order valence-corrected chi connectivity index (χ3v) is 3.83. The molecule has 1 aliphatic rings. The first kappa shape index (κ1) is 12.7. The van der Waals surface area contributed by atoms with E-state index in [1.807, 2.05) is 0 Å². The molecule has 1 fully saturated rings. The van der Waals surface area contributed by atoms with Crippen molar-refractivity contribution < 1.29 is 10.2 Å². The van der Waals surface area contributed by atoms with E-state index in [1.54, 1.807) is 6.07 Å². The molecule has 0 spiro atoms. The Morgan fingerprint density at radius 2 is 1.94 bits per heavy atom. The van der Waals surface area contributed by atoms with Gasteiger partial charge in [-0.3, -0.25) is 0 Å². The number of hydrogen-bond acceptors (Lipinski definition) is 4. The lowest BCUT2D eigenvalue weighted by atomic mass is 10.1. The van der Waals surface area contributed by atoms with E-state index in [0.29, 0.717) is 0 Å². The molecule has 5 heteroatoms. The number of phenols is 2. The molecule has 0 aromatic heterocycles. The van der Waals surface area contributed by atoms with Gasteiger partial charge < -0.3 is 20.4 Å². The molecule has 0 bridgehead atoms. The molecule has 0 amide bonds. The van der Waals surface area contributed by atoms with E-state index >= 15 is 0 Å². The van der Waals surface area contributed by atoms with Crippen LogP contribution >= 0.6 is 15.9 Å². The highest BCUT2D eigenvalue weighted by Gasteiger charge is 2.14. The molecule has 0 saturated carbocycles. The highest BCUT2D eigenvalue weighted by molar-refractivity contribution is 9.10. The van der Waals surface area contributed by atoms with E-state index in [2.05, 4.69) is 26.1 Å². The van der Waals surface area contributed by atoms with Gasteiger partial charge in [-0.2, -0.15) is 0 Å². The van der Waals surface area contributed by atoms with Crippen LogP contribution in [-0.4, -0.2) is 47.8 Å². The summed E-state index contributed by atoms with van der Waals surface area (Å²) in [6, 6.07) is 3.26. The van der Waals surface area contributed by atoms with E-state index in [0.717, 1.165) is 49.2 Å². The Labute approximate surface area is 109 Å². The number of nitrogens with zero attached hydrogens (tertiary/aromatic N) is 1. The van der Waals surface area contributed by atoms with E-state index < -0.39 is 0 Å². The first-order valence-electron chi connectivity index (χ1n) is 5.81. The van der Waals surface area contributed by atoms with Gasteiger partial charge in [-0.25, -0.2) is 0 Å². The summed E-state index contributed by atoms with van der Waals surface area (Å²) in [5, 5.41) is 22.6. The van der Waals surface area contributed by atoms with Crippen LogP contribution in [0.2, 0.25) is 0 Å². The monoisotopic (exact) mass is 300 g/mol. The van der Waals surface area contributed by atoms with E-state index in [4.69, 9.17) is 0 Å². The van der Waals surface area contributed by atoms with Gasteiger partial charge in [0, 0.05) is 42.8 Å². The molecule has 1 heterocycles. The standard InChI is InChI=1S/C12H17BrN2O2/c13-10-1-2-11(16)12(17)9(10)3-6-15-7-4-14-5-8-15/h1-2,14,16-17H,3-8H2. The summed E-state index contributed by atoms with van der Waals surface area (Å²) in [6.07, 6.45) is 0.737. The van der Waals surface area contributed by atoms with E-state index in [9.17, 15) is 10.2 Å². The lowest BCUT2D eigenvalue weighted by Crippen LogP contribution is -2.44. The Balaban J connectivity index is 2.00. The normalized spacial score (nSPS) is 17.2. The second-order valence-electron chi connectivity index (χ2n) is 4.24. The smallest absolute Gasteiger partial charge is 0.161 e. The zero-order valence-corrected chi connectivity index (χ0v) is 11.2. The maximum Gasteiger partial charge on any atom is 0.161 e. The van der Waals surface area contributed by atoms with Gasteiger partial charge in [0.05, 0.1) is 0 Å². The van der Waals surface area contributed by atoms with Crippen molar-refractivity contribution in [1.29, 1.82) is 0 Å². The molecule has 4 nitrogen and oxygen atoms in total. The van der Waals surface area contributed by atoms with Gasteiger partial charge in [0.25, 0.3) is 0 Å². The second-order valence-corrected chi connectivity index (χ2v) is 5.09. The maximum absolute atomic E-state index is 9.80. The van der Waals surface area contributed by atoms with Crippen LogP contribution in [0.25, 0.3) is 0 Å². The average Bonchev–Trinajstić information content (AvgIpc) is 2.35. The molecule has 17 heavy (non-hydrogen) atoms. The van der Waals surface area contributed by atoms with Crippen molar-refractivity contribution in [2.75, 3.05) is 32.7 Å². The predicted octanol–water partition coefficient (Wildman–Crippen LogP) is 1.31. The van der Waals surface area contributed by atoms with Gasteiger partial charge in [0.15, 0.2) is 11.5 Å². The molecule has 1 saturated heterocycles. The zero-order valence-electron chi connectivity index (χ0n) is 9.62. The third-order valence-electron chi connectivity index (χ3n) is 3.09. The summed E-state index contributed by atoms with van der Waals surface area (Å²) in [7, 11) is 0. The zero-order chi connectivity index (χ0) is 12.3. The maximum atomic E-state index is 9.80. The van der Waals surface area contributed by atoms with Gasteiger partial charge in [-0.05, 0) is 18.6 Å². The topological polar surface area (TPSA) is 55.7 Å². The summed E-state index contributed by atoms with van der Waals surface area (Å²) in [5.41, 5.74) is 0.781. The Bertz CT molecular complexity index is 392. The molecule has 0 radical (unpaired) electrons. The molecule has 1 aliphatic heterocycles.